The molecule has 0 radical (unpaired) electrons. The number of nitrogens with one attached hydrogen (secondary N) is 3. The molecule has 1 heterocycles. The standard InChI is InChI=1S/C14H19N3O2.ClH/c1-15-13(18)10-4-2-5-11(8-10)14(19)17-9-12-6-3-7-16-12;/h2,4-5,8,12,16H,3,6-7,9H2,1H3,(H,15,18)(H,17,19);1H. The molecule has 110 valence electrons. The summed E-state index contributed by atoms with van der Waals surface area (Å²) in [5.74, 6) is -0.327. The van der Waals surface area contributed by atoms with Gasteiger partial charge < -0.3 is 16.0 Å². The first kappa shape index (κ1) is 16.5. The maximum absolute atomic E-state index is 12.0. The van der Waals surface area contributed by atoms with Crippen molar-refractivity contribution >= 4 is 24.2 Å². The maximum Gasteiger partial charge on any atom is 0.251 e. The predicted molar refractivity (Wildman–Crippen MR) is 80.4 cm³/mol. The van der Waals surface area contributed by atoms with Gasteiger partial charge in [-0.15, -0.1) is 12.4 Å². The van der Waals surface area contributed by atoms with Gasteiger partial charge in [0.1, 0.15) is 0 Å². The highest BCUT2D eigenvalue weighted by molar-refractivity contribution is 5.99. The third-order valence-corrected chi connectivity index (χ3v) is 3.29. The first-order valence-electron chi connectivity index (χ1n) is 6.54. The molecule has 20 heavy (non-hydrogen) atoms. The molecule has 1 aromatic rings. The van der Waals surface area contributed by atoms with Gasteiger partial charge in [-0.1, -0.05) is 6.07 Å². The zero-order valence-corrected chi connectivity index (χ0v) is 12.3. The van der Waals surface area contributed by atoms with Crippen LogP contribution < -0.4 is 16.0 Å². The van der Waals surface area contributed by atoms with Crippen molar-refractivity contribution < 1.29 is 9.59 Å². The Morgan fingerprint density at radius 3 is 2.60 bits per heavy atom. The van der Waals surface area contributed by atoms with Crippen LogP contribution in [0, 0.1) is 0 Å². The van der Waals surface area contributed by atoms with Crippen molar-refractivity contribution in [3.05, 3.63) is 35.4 Å². The molecule has 0 bridgehead atoms. The third-order valence-electron chi connectivity index (χ3n) is 3.29. The highest BCUT2D eigenvalue weighted by Gasteiger charge is 2.15. The Labute approximate surface area is 124 Å². The van der Waals surface area contributed by atoms with E-state index in [9.17, 15) is 9.59 Å². The fourth-order valence-electron chi connectivity index (χ4n) is 2.19. The molecule has 1 aliphatic heterocycles. The number of benzene rings is 1. The Hall–Kier alpha value is -1.59. The molecule has 0 saturated carbocycles. The summed E-state index contributed by atoms with van der Waals surface area (Å²) in [6, 6.07) is 7.09. The number of rotatable bonds is 4. The second-order valence-corrected chi connectivity index (χ2v) is 4.66. The van der Waals surface area contributed by atoms with Crippen LogP contribution in [0.15, 0.2) is 24.3 Å². The summed E-state index contributed by atoms with van der Waals surface area (Å²) in [7, 11) is 1.57. The molecule has 2 rings (SSSR count). The van der Waals surface area contributed by atoms with Crippen LogP contribution in [-0.2, 0) is 0 Å². The van der Waals surface area contributed by atoms with Crippen LogP contribution in [0.1, 0.15) is 33.6 Å². The van der Waals surface area contributed by atoms with Gasteiger partial charge in [-0.3, -0.25) is 9.59 Å². The summed E-state index contributed by atoms with van der Waals surface area (Å²) in [4.78, 5) is 23.5. The maximum atomic E-state index is 12.0. The number of halogens is 1. The molecule has 5 nitrogen and oxygen atoms in total. The number of hydrogen-bond acceptors (Lipinski definition) is 3. The van der Waals surface area contributed by atoms with Crippen LogP contribution in [0.2, 0.25) is 0 Å². The minimum atomic E-state index is -0.188. The molecule has 1 unspecified atom stereocenters. The smallest absolute Gasteiger partial charge is 0.251 e. The highest BCUT2D eigenvalue weighted by atomic mass is 35.5. The van der Waals surface area contributed by atoms with Crippen LogP contribution >= 0.6 is 12.4 Å². The molecule has 0 aliphatic carbocycles. The second-order valence-electron chi connectivity index (χ2n) is 4.66. The molecular weight excluding hydrogens is 278 g/mol. The largest absolute Gasteiger partial charge is 0.355 e. The van der Waals surface area contributed by atoms with Gasteiger partial charge in [0.15, 0.2) is 0 Å². The molecule has 3 N–H and O–H groups in total. The lowest BCUT2D eigenvalue weighted by Gasteiger charge is -2.11. The van der Waals surface area contributed by atoms with E-state index < -0.39 is 0 Å². The van der Waals surface area contributed by atoms with E-state index in [0.717, 1.165) is 19.4 Å². The second kappa shape index (κ2) is 7.87. The van der Waals surface area contributed by atoms with Crippen LogP contribution in [0.4, 0.5) is 0 Å². The molecule has 0 spiro atoms. The first-order chi connectivity index (χ1) is 9.20. The van der Waals surface area contributed by atoms with Gasteiger partial charge in [0, 0.05) is 30.8 Å². The van der Waals surface area contributed by atoms with Gasteiger partial charge >= 0.3 is 0 Å². The van der Waals surface area contributed by atoms with Crippen molar-refractivity contribution in [1.82, 2.24) is 16.0 Å². The summed E-state index contributed by atoms with van der Waals surface area (Å²) >= 11 is 0. The number of hydrogen-bond donors (Lipinski definition) is 3. The Bertz CT molecular complexity index is 473. The summed E-state index contributed by atoms with van der Waals surface area (Å²) < 4.78 is 0. The van der Waals surface area contributed by atoms with Crippen molar-refractivity contribution in [2.45, 2.75) is 18.9 Å². The summed E-state index contributed by atoms with van der Waals surface area (Å²) in [6.07, 6.45) is 2.26. The average molecular weight is 298 g/mol. The number of carbonyl (C=O) groups excluding carboxylic acids is 2. The lowest BCUT2D eigenvalue weighted by molar-refractivity contribution is 0.0950. The van der Waals surface area contributed by atoms with Gasteiger partial charge in [0.2, 0.25) is 0 Å². The van der Waals surface area contributed by atoms with Crippen molar-refractivity contribution in [2.24, 2.45) is 0 Å². The first-order valence-corrected chi connectivity index (χ1v) is 6.54. The zero-order valence-electron chi connectivity index (χ0n) is 11.4. The average Bonchev–Trinajstić information content (AvgIpc) is 2.97. The lowest BCUT2D eigenvalue weighted by Crippen LogP contribution is -2.37. The molecule has 1 saturated heterocycles. The van der Waals surface area contributed by atoms with E-state index in [4.69, 9.17) is 0 Å². The lowest BCUT2D eigenvalue weighted by atomic mass is 10.1. The van der Waals surface area contributed by atoms with Crippen molar-refractivity contribution in [2.75, 3.05) is 20.1 Å². The third kappa shape index (κ3) is 4.21. The van der Waals surface area contributed by atoms with E-state index in [0.29, 0.717) is 23.7 Å². The highest BCUT2D eigenvalue weighted by Crippen LogP contribution is 2.07. The molecule has 1 aliphatic rings. The van der Waals surface area contributed by atoms with Gasteiger partial charge in [0.25, 0.3) is 11.8 Å². The van der Waals surface area contributed by atoms with E-state index in [1.165, 1.54) is 0 Å². The molecule has 0 aromatic heterocycles. The topological polar surface area (TPSA) is 70.2 Å². The molecule has 1 atom stereocenters. The predicted octanol–water partition coefficient (Wildman–Crippen LogP) is 0.950. The number of carbonyl (C=O) groups is 2. The van der Waals surface area contributed by atoms with Crippen molar-refractivity contribution in [1.29, 1.82) is 0 Å². The Kier molecular flexibility index (Phi) is 6.48. The fraction of sp³-hybridized carbons (Fsp3) is 0.429. The minimum absolute atomic E-state index is 0. The van der Waals surface area contributed by atoms with Crippen LogP contribution in [0.25, 0.3) is 0 Å². The normalized spacial score (nSPS) is 17.1. The van der Waals surface area contributed by atoms with Crippen LogP contribution in [0.3, 0.4) is 0 Å². The quantitative estimate of drug-likeness (QED) is 0.775. The van der Waals surface area contributed by atoms with Crippen LogP contribution in [-0.4, -0.2) is 38.0 Å². The molecule has 1 aromatic carbocycles. The minimum Gasteiger partial charge on any atom is -0.355 e. The zero-order chi connectivity index (χ0) is 13.7. The van der Waals surface area contributed by atoms with Crippen molar-refractivity contribution in [3.8, 4) is 0 Å². The Morgan fingerprint density at radius 2 is 2.00 bits per heavy atom. The van der Waals surface area contributed by atoms with Crippen LogP contribution in [0.5, 0.6) is 0 Å². The molecule has 1 fully saturated rings. The van der Waals surface area contributed by atoms with Gasteiger partial charge in [-0.25, -0.2) is 0 Å². The monoisotopic (exact) mass is 297 g/mol. The SMILES string of the molecule is CNC(=O)c1cccc(C(=O)NCC2CCCN2)c1.Cl. The molecule has 6 heteroatoms. The number of amides is 2. The van der Waals surface area contributed by atoms with E-state index >= 15 is 0 Å². The Balaban J connectivity index is 0.00000200. The van der Waals surface area contributed by atoms with Gasteiger partial charge in [0.05, 0.1) is 0 Å². The van der Waals surface area contributed by atoms with E-state index in [-0.39, 0.29) is 24.2 Å². The van der Waals surface area contributed by atoms with Gasteiger partial charge in [-0.2, -0.15) is 0 Å². The van der Waals surface area contributed by atoms with E-state index in [1.807, 2.05) is 0 Å². The summed E-state index contributed by atoms with van der Waals surface area (Å²) in [5, 5.41) is 8.76. The molecular formula is C14H20ClN3O2. The van der Waals surface area contributed by atoms with E-state index in [1.54, 1.807) is 31.3 Å². The molecule has 2 amide bonds. The van der Waals surface area contributed by atoms with E-state index in [2.05, 4.69) is 16.0 Å². The summed E-state index contributed by atoms with van der Waals surface area (Å²) in [6.45, 7) is 1.65. The van der Waals surface area contributed by atoms with Gasteiger partial charge in [-0.05, 0) is 37.6 Å². The fourth-order valence-corrected chi connectivity index (χ4v) is 2.19. The Morgan fingerprint density at radius 1 is 1.30 bits per heavy atom. The van der Waals surface area contributed by atoms with Crippen molar-refractivity contribution in [3.63, 3.8) is 0 Å². The summed E-state index contributed by atoms with van der Waals surface area (Å²) in [5.41, 5.74) is 1.01.